The van der Waals surface area contributed by atoms with Crippen LogP contribution in [0.1, 0.15) is 67.2 Å². The lowest BCUT2D eigenvalue weighted by atomic mass is 9.76. The molecular formula is C29H34N4O4S. The smallest absolute Gasteiger partial charge is 0.274 e. The van der Waals surface area contributed by atoms with Crippen LogP contribution in [0.25, 0.3) is 21.3 Å². The Balaban J connectivity index is 1.71. The molecule has 1 saturated carbocycles. The number of carbonyl (C=O) groups is 1. The van der Waals surface area contributed by atoms with E-state index in [4.69, 9.17) is 4.74 Å². The van der Waals surface area contributed by atoms with Gasteiger partial charge in [-0.1, -0.05) is 13.8 Å². The molecule has 0 spiro atoms. The maximum Gasteiger partial charge on any atom is 0.274 e. The van der Waals surface area contributed by atoms with Gasteiger partial charge in [0, 0.05) is 52.3 Å². The minimum atomic E-state index is -1.01. The predicted molar refractivity (Wildman–Crippen MR) is 150 cm³/mol. The molecular weight excluding hydrogens is 500 g/mol. The fraction of sp³-hybridized carbons (Fsp3) is 0.414. The lowest BCUT2D eigenvalue weighted by Crippen LogP contribution is -2.41. The molecule has 8 nitrogen and oxygen atoms in total. The van der Waals surface area contributed by atoms with Gasteiger partial charge >= 0.3 is 0 Å². The molecule has 9 heteroatoms. The summed E-state index contributed by atoms with van der Waals surface area (Å²) in [6, 6.07) is 7.74. The SMILES string of the molecule is Cc1cc(C)nc(Oc2cc(C(C)(C)C(C)(C)O)sc2-c2cn(C)c(=O)c3[nH]c(C(=O)NC4CC4)cc23)c1. The number of aromatic nitrogens is 3. The number of thiophene rings is 1. The zero-order valence-electron chi connectivity index (χ0n) is 22.9. The first-order chi connectivity index (χ1) is 17.7. The molecule has 4 aromatic heterocycles. The molecule has 0 atom stereocenters. The summed E-state index contributed by atoms with van der Waals surface area (Å²) < 4.78 is 7.90. The molecule has 38 heavy (non-hydrogen) atoms. The van der Waals surface area contributed by atoms with Crippen molar-refractivity contribution >= 4 is 28.1 Å². The van der Waals surface area contributed by atoms with E-state index in [1.165, 1.54) is 15.9 Å². The Morgan fingerprint density at radius 1 is 1.18 bits per heavy atom. The molecule has 1 amide bonds. The Hall–Kier alpha value is -3.43. The van der Waals surface area contributed by atoms with Crippen molar-refractivity contribution in [2.45, 2.75) is 71.4 Å². The van der Waals surface area contributed by atoms with Crippen molar-refractivity contribution in [1.82, 2.24) is 19.9 Å². The standard InChI is InChI=1S/C29H34N4O4S/c1-15-10-16(2)30-23(11-15)37-21-13-22(28(3,4)29(5,6)36)38-25(21)19-14-33(7)27(35)24-18(19)12-20(32-24)26(34)31-17-8-9-17/h10-14,17,32,36H,8-9H2,1-7H3,(H,31,34). The summed E-state index contributed by atoms with van der Waals surface area (Å²) in [5.74, 6) is 0.821. The molecule has 1 aliphatic carbocycles. The van der Waals surface area contributed by atoms with E-state index in [2.05, 4.69) is 15.3 Å². The largest absolute Gasteiger partial charge is 0.437 e. The van der Waals surface area contributed by atoms with Crippen LogP contribution in [-0.4, -0.2) is 37.2 Å². The van der Waals surface area contributed by atoms with Gasteiger partial charge in [0.2, 0.25) is 5.88 Å². The van der Waals surface area contributed by atoms with Gasteiger partial charge in [-0.15, -0.1) is 11.3 Å². The fourth-order valence-corrected chi connectivity index (χ4v) is 5.71. The van der Waals surface area contributed by atoms with Crippen LogP contribution in [0.15, 0.2) is 35.3 Å². The molecule has 1 aliphatic rings. The third-order valence-electron chi connectivity index (χ3n) is 7.50. The van der Waals surface area contributed by atoms with Crippen molar-refractivity contribution in [3.05, 3.63) is 62.6 Å². The summed E-state index contributed by atoms with van der Waals surface area (Å²) in [6.07, 6.45) is 3.72. The van der Waals surface area contributed by atoms with Crippen molar-refractivity contribution in [3.63, 3.8) is 0 Å². The highest BCUT2D eigenvalue weighted by atomic mass is 32.1. The Morgan fingerprint density at radius 2 is 1.89 bits per heavy atom. The summed E-state index contributed by atoms with van der Waals surface area (Å²) in [4.78, 5) is 35.2. The van der Waals surface area contributed by atoms with E-state index in [0.29, 0.717) is 28.2 Å². The number of pyridine rings is 2. The number of H-pyrrole nitrogens is 1. The summed E-state index contributed by atoms with van der Waals surface area (Å²) in [7, 11) is 1.69. The van der Waals surface area contributed by atoms with Gasteiger partial charge in [-0.25, -0.2) is 4.98 Å². The van der Waals surface area contributed by atoms with Crippen LogP contribution in [0.2, 0.25) is 0 Å². The molecule has 0 radical (unpaired) electrons. The van der Waals surface area contributed by atoms with Gasteiger partial charge in [-0.2, -0.15) is 0 Å². The summed E-state index contributed by atoms with van der Waals surface area (Å²) in [6.45, 7) is 11.5. The third kappa shape index (κ3) is 4.76. The number of nitrogens with zero attached hydrogens (tertiary/aromatic N) is 2. The number of aromatic amines is 1. The first kappa shape index (κ1) is 26.2. The van der Waals surface area contributed by atoms with Crippen molar-refractivity contribution in [1.29, 1.82) is 0 Å². The van der Waals surface area contributed by atoms with Gasteiger partial charge in [-0.3, -0.25) is 9.59 Å². The highest BCUT2D eigenvalue weighted by molar-refractivity contribution is 7.16. The van der Waals surface area contributed by atoms with Crippen molar-refractivity contribution in [3.8, 4) is 22.1 Å². The number of nitrogens with one attached hydrogen (secondary N) is 2. The molecule has 4 heterocycles. The topological polar surface area (TPSA) is 109 Å². The lowest BCUT2D eigenvalue weighted by molar-refractivity contribution is 0.0112. The van der Waals surface area contributed by atoms with Gasteiger partial charge in [-0.05, 0) is 64.3 Å². The second kappa shape index (κ2) is 9.10. The van der Waals surface area contributed by atoms with E-state index in [0.717, 1.165) is 39.4 Å². The molecule has 4 aromatic rings. The Morgan fingerprint density at radius 3 is 2.53 bits per heavy atom. The van der Waals surface area contributed by atoms with E-state index < -0.39 is 11.0 Å². The number of aliphatic hydroxyl groups is 1. The van der Waals surface area contributed by atoms with Crippen LogP contribution in [0.5, 0.6) is 11.6 Å². The molecule has 0 aromatic carbocycles. The maximum absolute atomic E-state index is 13.1. The van der Waals surface area contributed by atoms with Crippen molar-refractivity contribution in [2.24, 2.45) is 7.05 Å². The van der Waals surface area contributed by atoms with E-state index >= 15 is 0 Å². The predicted octanol–water partition coefficient (Wildman–Crippen LogP) is 5.34. The zero-order chi connectivity index (χ0) is 27.6. The minimum absolute atomic E-state index is 0.199. The number of amides is 1. The van der Waals surface area contributed by atoms with Crippen molar-refractivity contribution < 1.29 is 14.6 Å². The first-order valence-electron chi connectivity index (χ1n) is 12.8. The summed E-state index contributed by atoms with van der Waals surface area (Å²) in [5, 5.41) is 14.6. The molecule has 0 saturated heterocycles. The van der Waals surface area contributed by atoms with E-state index in [1.807, 2.05) is 45.9 Å². The minimum Gasteiger partial charge on any atom is -0.437 e. The van der Waals surface area contributed by atoms with Gasteiger partial charge in [0.25, 0.3) is 11.5 Å². The molecule has 1 fully saturated rings. The second-order valence-corrected chi connectivity index (χ2v) is 12.4. The number of aryl methyl sites for hydroxylation is 3. The normalized spacial score (nSPS) is 14.2. The maximum atomic E-state index is 13.1. The highest BCUT2D eigenvalue weighted by Gasteiger charge is 2.39. The number of rotatable bonds is 7. The number of ether oxygens (including phenoxy) is 1. The van der Waals surface area contributed by atoms with Crippen LogP contribution < -0.4 is 15.6 Å². The average Bonchev–Trinajstić information content (AvgIpc) is 3.34. The van der Waals surface area contributed by atoms with E-state index in [1.54, 1.807) is 33.2 Å². The Bertz CT molecular complexity index is 1600. The van der Waals surface area contributed by atoms with Crippen LogP contribution in [-0.2, 0) is 12.5 Å². The Labute approximate surface area is 225 Å². The Kier molecular flexibility index (Phi) is 6.27. The van der Waals surface area contributed by atoms with Gasteiger partial charge in [0.15, 0.2) is 0 Å². The number of fused-ring (bicyclic) bond motifs is 1. The first-order valence-corrected chi connectivity index (χ1v) is 13.6. The number of hydrogen-bond donors (Lipinski definition) is 3. The molecule has 0 aliphatic heterocycles. The van der Waals surface area contributed by atoms with E-state index in [9.17, 15) is 14.7 Å². The average molecular weight is 535 g/mol. The van der Waals surface area contributed by atoms with Crippen LogP contribution in [0, 0.1) is 13.8 Å². The molecule has 200 valence electrons. The van der Waals surface area contributed by atoms with Gasteiger partial charge in [0.05, 0.1) is 10.5 Å². The highest BCUT2D eigenvalue weighted by Crippen LogP contribution is 2.48. The number of carbonyl (C=O) groups excluding carboxylic acids is 1. The fourth-order valence-electron chi connectivity index (χ4n) is 4.34. The summed E-state index contributed by atoms with van der Waals surface area (Å²) >= 11 is 1.50. The van der Waals surface area contributed by atoms with E-state index in [-0.39, 0.29) is 17.5 Å². The number of hydrogen-bond acceptors (Lipinski definition) is 6. The van der Waals surface area contributed by atoms with Crippen LogP contribution in [0.4, 0.5) is 0 Å². The van der Waals surface area contributed by atoms with Gasteiger partial charge < -0.3 is 24.7 Å². The van der Waals surface area contributed by atoms with Gasteiger partial charge in [0.1, 0.15) is 17.0 Å². The lowest BCUT2D eigenvalue weighted by Gasteiger charge is -2.36. The van der Waals surface area contributed by atoms with Crippen molar-refractivity contribution in [2.75, 3.05) is 0 Å². The third-order valence-corrected chi connectivity index (χ3v) is 8.97. The zero-order valence-corrected chi connectivity index (χ0v) is 23.7. The molecule has 0 bridgehead atoms. The van der Waals surface area contributed by atoms with Crippen LogP contribution >= 0.6 is 11.3 Å². The molecule has 3 N–H and O–H groups in total. The monoisotopic (exact) mass is 534 g/mol. The van der Waals surface area contributed by atoms with Crippen LogP contribution in [0.3, 0.4) is 0 Å². The molecule has 0 unspecified atom stereocenters. The second-order valence-electron chi connectivity index (χ2n) is 11.4. The quantitative estimate of drug-likeness (QED) is 0.297. The summed E-state index contributed by atoms with van der Waals surface area (Å²) in [5.41, 5.74) is 1.51. The molecule has 5 rings (SSSR count).